The molecule has 2 amide bonds. The molecule has 1 atom stereocenters. The summed E-state index contributed by atoms with van der Waals surface area (Å²) in [5, 5.41) is 5.02. The summed E-state index contributed by atoms with van der Waals surface area (Å²) in [5.74, 6) is -1.28. The summed E-state index contributed by atoms with van der Waals surface area (Å²) < 4.78 is 23.6. The number of nitrogens with one attached hydrogen (secondary N) is 2. The van der Waals surface area contributed by atoms with E-state index in [-0.39, 0.29) is 13.1 Å². The Kier molecular flexibility index (Phi) is 7.11. The van der Waals surface area contributed by atoms with Crippen molar-refractivity contribution in [2.75, 3.05) is 20.8 Å². The van der Waals surface area contributed by atoms with Crippen LogP contribution in [-0.2, 0) is 20.9 Å². The molecule has 0 aromatic heterocycles. The van der Waals surface area contributed by atoms with Crippen LogP contribution in [0.15, 0.2) is 48.5 Å². The Hall–Kier alpha value is -2.93. The summed E-state index contributed by atoms with van der Waals surface area (Å²) in [5.41, 5.74) is 1.38. The largest absolute Gasteiger partial charge is 0.497 e. The highest BCUT2D eigenvalue weighted by Gasteiger charge is 2.17. The van der Waals surface area contributed by atoms with Crippen LogP contribution in [-0.4, -0.2) is 32.6 Å². The van der Waals surface area contributed by atoms with E-state index in [1.165, 1.54) is 19.2 Å². The standard InChI is InChI=1S/C19H21FN2O4/c1-25-16-8-3-5-13(9-16)11-21-18(23)19(24)22-12-17(26-2)14-6-4-7-15(20)10-14/h3-10,17H,11-12H2,1-2H3,(H,21,23)(H,22,24). The van der Waals surface area contributed by atoms with Gasteiger partial charge in [-0.15, -0.1) is 0 Å². The maximum Gasteiger partial charge on any atom is 0.309 e. The van der Waals surface area contributed by atoms with Gasteiger partial charge in [-0.2, -0.15) is 0 Å². The van der Waals surface area contributed by atoms with Crippen molar-refractivity contribution in [1.82, 2.24) is 10.6 Å². The van der Waals surface area contributed by atoms with E-state index in [2.05, 4.69) is 10.6 Å². The molecule has 26 heavy (non-hydrogen) atoms. The van der Waals surface area contributed by atoms with E-state index in [1.807, 2.05) is 6.07 Å². The fourth-order valence-corrected chi connectivity index (χ4v) is 2.35. The maximum absolute atomic E-state index is 13.3. The molecular formula is C19H21FN2O4. The molecule has 0 heterocycles. The lowest BCUT2D eigenvalue weighted by Crippen LogP contribution is -2.41. The highest BCUT2D eigenvalue weighted by Crippen LogP contribution is 2.16. The normalized spacial score (nSPS) is 11.5. The number of carbonyl (C=O) groups is 2. The van der Waals surface area contributed by atoms with Crippen LogP contribution in [0.25, 0.3) is 0 Å². The second-order valence-electron chi connectivity index (χ2n) is 5.52. The Labute approximate surface area is 151 Å². The number of carbonyl (C=O) groups excluding carboxylic acids is 2. The van der Waals surface area contributed by atoms with Gasteiger partial charge in [0.25, 0.3) is 0 Å². The maximum atomic E-state index is 13.3. The molecule has 0 aliphatic carbocycles. The molecule has 0 bridgehead atoms. The molecule has 7 heteroatoms. The van der Waals surface area contributed by atoms with Gasteiger partial charge < -0.3 is 20.1 Å². The van der Waals surface area contributed by atoms with Crippen LogP contribution in [0.4, 0.5) is 4.39 Å². The van der Waals surface area contributed by atoms with E-state index in [0.717, 1.165) is 5.56 Å². The van der Waals surface area contributed by atoms with Gasteiger partial charge in [-0.1, -0.05) is 24.3 Å². The number of hydrogen-bond donors (Lipinski definition) is 2. The average molecular weight is 360 g/mol. The lowest BCUT2D eigenvalue weighted by Gasteiger charge is -2.16. The summed E-state index contributed by atoms with van der Waals surface area (Å²) in [4.78, 5) is 23.8. The minimum atomic E-state index is -0.786. The third-order valence-corrected chi connectivity index (χ3v) is 3.75. The third-order valence-electron chi connectivity index (χ3n) is 3.75. The number of rotatable bonds is 7. The minimum Gasteiger partial charge on any atom is -0.497 e. The lowest BCUT2D eigenvalue weighted by atomic mass is 10.1. The second kappa shape index (κ2) is 9.53. The summed E-state index contributed by atoms with van der Waals surface area (Å²) >= 11 is 0. The zero-order valence-corrected chi connectivity index (χ0v) is 14.6. The van der Waals surface area contributed by atoms with Gasteiger partial charge in [0.1, 0.15) is 11.6 Å². The predicted octanol–water partition coefficient (Wildman–Crippen LogP) is 1.95. The van der Waals surface area contributed by atoms with Crippen molar-refractivity contribution in [1.29, 1.82) is 0 Å². The van der Waals surface area contributed by atoms with Gasteiger partial charge >= 0.3 is 11.8 Å². The summed E-state index contributed by atoms with van der Waals surface area (Å²) in [6.07, 6.45) is -0.555. The van der Waals surface area contributed by atoms with Crippen LogP contribution >= 0.6 is 0 Å². The van der Waals surface area contributed by atoms with Gasteiger partial charge in [0, 0.05) is 20.2 Å². The molecule has 2 rings (SSSR count). The molecule has 0 radical (unpaired) electrons. The van der Waals surface area contributed by atoms with Gasteiger partial charge in [0.2, 0.25) is 0 Å². The Morgan fingerprint density at radius 3 is 2.46 bits per heavy atom. The van der Waals surface area contributed by atoms with Crippen molar-refractivity contribution in [3.63, 3.8) is 0 Å². The molecule has 2 N–H and O–H groups in total. The number of methoxy groups -OCH3 is 2. The monoisotopic (exact) mass is 360 g/mol. The molecular weight excluding hydrogens is 339 g/mol. The fraction of sp³-hybridized carbons (Fsp3) is 0.263. The molecule has 2 aromatic rings. The molecule has 0 saturated heterocycles. The molecule has 138 valence electrons. The molecule has 1 unspecified atom stereocenters. The molecule has 0 fully saturated rings. The van der Waals surface area contributed by atoms with E-state index < -0.39 is 23.7 Å². The number of benzene rings is 2. The van der Waals surface area contributed by atoms with E-state index in [9.17, 15) is 14.0 Å². The van der Waals surface area contributed by atoms with E-state index in [0.29, 0.717) is 11.3 Å². The first-order valence-electron chi connectivity index (χ1n) is 8.00. The SMILES string of the molecule is COc1cccc(CNC(=O)C(=O)NCC(OC)c2cccc(F)c2)c1. The lowest BCUT2D eigenvalue weighted by molar-refractivity contribution is -0.139. The average Bonchev–Trinajstić information content (AvgIpc) is 2.66. The van der Waals surface area contributed by atoms with Crippen molar-refractivity contribution in [3.8, 4) is 5.75 Å². The zero-order chi connectivity index (χ0) is 18.9. The molecule has 6 nitrogen and oxygen atoms in total. The topological polar surface area (TPSA) is 76.7 Å². The van der Waals surface area contributed by atoms with Gasteiger partial charge in [-0.3, -0.25) is 9.59 Å². The first-order valence-corrected chi connectivity index (χ1v) is 8.00. The Morgan fingerprint density at radius 1 is 1.04 bits per heavy atom. The molecule has 0 aliphatic rings. The van der Waals surface area contributed by atoms with Crippen molar-refractivity contribution < 1.29 is 23.5 Å². The number of ether oxygens (including phenoxy) is 2. The molecule has 0 spiro atoms. The van der Waals surface area contributed by atoms with E-state index >= 15 is 0 Å². The van der Waals surface area contributed by atoms with Gasteiger partial charge in [0.15, 0.2) is 0 Å². The van der Waals surface area contributed by atoms with Gasteiger partial charge in [-0.25, -0.2) is 4.39 Å². The van der Waals surface area contributed by atoms with Crippen molar-refractivity contribution in [2.24, 2.45) is 0 Å². The van der Waals surface area contributed by atoms with Crippen LogP contribution < -0.4 is 15.4 Å². The van der Waals surface area contributed by atoms with Gasteiger partial charge in [-0.05, 0) is 35.4 Å². The van der Waals surface area contributed by atoms with Crippen LogP contribution in [0.5, 0.6) is 5.75 Å². The Balaban J connectivity index is 1.85. The van der Waals surface area contributed by atoms with E-state index in [4.69, 9.17) is 9.47 Å². The number of halogens is 1. The smallest absolute Gasteiger partial charge is 0.309 e. The Bertz CT molecular complexity index is 767. The van der Waals surface area contributed by atoms with Crippen molar-refractivity contribution >= 4 is 11.8 Å². The van der Waals surface area contributed by atoms with E-state index in [1.54, 1.807) is 37.4 Å². The fourth-order valence-electron chi connectivity index (χ4n) is 2.35. The first kappa shape index (κ1) is 19.4. The molecule has 2 aromatic carbocycles. The quantitative estimate of drug-likeness (QED) is 0.740. The van der Waals surface area contributed by atoms with Crippen molar-refractivity contribution in [3.05, 3.63) is 65.5 Å². The number of amides is 2. The highest BCUT2D eigenvalue weighted by atomic mass is 19.1. The summed E-state index contributed by atoms with van der Waals surface area (Å²) in [7, 11) is 3.00. The predicted molar refractivity (Wildman–Crippen MR) is 94.0 cm³/mol. The summed E-state index contributed by atoms with van der Waals surface area (Å²) in [6.45, 7) is 0.242. The van der Waals surface area contributed by atoms with Crippen molar-refractivity contribution in [2.45, 2.75) is 12.6 Å². The molecule has 0 saturated carbocycles. The highest BCUT2D eigenvalue weighted by molar-refractivity contribution is 6.35. The van der Waals surface area contributed by atoms with Crippen LogP contribution in [0.3, 0.4) is 0 Å². The van der Waals surface area contributed by atoms with Crippen LogP contribution in [0, 0.1) is 5.82 Å². The Morgan fingerprint density at radius 2 is 1.77 bits per heavy atom. The summed E-state index contributed by atoms with van der Waals surface area (Å²) in [6, 6.07) is 13.0. The number of hydrogen-bond acceptors (Lipinski definition) is 4. The van der Waals surface area contributed by atoms with Gasteiger partial charge in [0.05, 0.1) is 13.2 Å². The zero-order valence-electron chi connectivity index (χ0n) is 14.6. The minimum absolute atomic E-state index is 0.0470. The third kappa shape index (κ3) is 5.56. The second-order valence-corrected chi connectivity index (χ2v) is 5.52. The van der Waals surface area contributed by atoms with Crippen LogP contribution in [0.1, 0.15) is 17.2 Å². The van der Waals surface area contributed by atoms with Crippen LogP contribution in [0.2, 0.25) is 0 Å². The molecule has 0 aliphatic heterocycles. The first-order chi connectivity index (χ1) is 12.5.